The Morgan fingerprint density at radius 2 is 1.95 bits per heavy atom. The van der Waals surface area contributed by atoms with Gasteiger partial charge in [0.25, 0.3) is 0 Å². The van der Waals surface area contributed by atoms with Crippen molar-refractivity contribution in [1.82, 2.24) is 10.2 Å². The van der Waals surface area contributed by atoms with Crippen LogP contribution in [0.3, 0.4) is 0 Å². The molecule has 0 aromatic carbocycles. The van der Waals surface area contributed by atoms with Gasteiger partial charge in [0.1, 0.15) is 11.6 Å². The molecular weight excluding hydrogens is 240 g/mol. The summed E-state index contributed by atoms with van der Waals surface area (Å²) in [6.07, 6.45) is 3.71. The van der Waals surface area contributed by atoms with Crippen LogP contribution in [0.5, 0.6) is 0 Å². The maximum absolute atomic E-state index is 11.8. The lowest BCUT2D eigenvalue weighted by Crippen LogP contribution is -2.40. The van der Waals surface area contributed by atoms with E-state index in [-0.39, 0.29) is 12.0 Å². The topological polar surface area (TPSA) is 41.6 Å². The zero-order valence-corrected chi connectivity index (χ0v) is 13.2. The maximum atomic E-state index is 11.8. The molecule has 0 aromatic rings. The van der Waals surface area contributed by atoms with Crippen molar-refractivity contribution in [3.05, 3.63) is 0 Å². The minimum absolute atomic E-state index is 0.157. The van der Waals surface area contributed by atoms with Crippen molar-refractivity contribution in [2.45, 2.75) is 58.6 Å². The third-order valence-electron chi connectivity index (χ3n) is 3.60. The van der Waals surface area contributed by atoms with E-state index >= 15 is 0 Å². The fourth-order valence-corrected chi connectivity index (χ4v) is 2.33. The molecule has 1 saturated heterocycles. The summed E-state index contributed by atoms with van der Waals surface area (Å²) in [6, 6.07) is -0.217. The first-order chi connectivity index (χ1) is 8.78. The van der Waals surface area contributed by atoms with Gasteiger partial charge >= 0.3 is 5.97 Å². The summed E-state index contributed by atoms with van der Waals surface area (Å²) in [4.78, 5) is 14.2. The smallest absolute Gasteiger partial charge is 0.323 e. The van der Waals surface area contributed by atoms with E-state index in [9.17, 15) is 4.79 Å². The van der Waals surface area contributed by atoms with E-state index in [2.05, 4.69) is 17.3 Å². The third kappa shape index (κ3) is 6.92. The Labute approximate surface area is 117 Å². The Hall–Kier alpha value is -0.610. The van der Waals surface area contributed by atoms with Crippen LogP contribution in [0.15, 0.2) is 0 Å². The molecule has 1 fully saturated rings. The van der Waals surface area contributed by atoms with Gasteiger partial charge in [-0.15, -0.1) is 0 Å². The van der Waals surface area contributed by atoms with E-state index < -0.39 is 5.60 Å². The van der Waals surface area contributed by atoms with E-state index in [1.165, 1.54) is 25.9 Å². The second-order valence-electron chi connectivity index (χ2n) is 6.74. The van der Waals surface area contributed by atoms with Crippen molar-refractivity contribution in [1.29, 1.82) is 0 Å². The molecule has 1 heterocycles. The van der Waals surface area contributed by atoms with Crippen molar-refractivity contribution >= 4 is 5.97 Å². The molecule has 1 aliphatic heterocycles. The number of hydrogen-bond donors (Lipinski definition) is 1. The molecule has 0 bridgehead atoms. The first-order valence-electron chi connectivity index (χ1n) is 7.43. The van der Waals surface area contributed by atoms with Gasteiger partial charge in [-0.05, 0) is 79.6 Å². The van der Waals surface area contributed by atoms with Gasteiger partial charge in [0.15, 0.2) is 0 Å². The molecule has 0 saturated carbocycles. The van der Waals surface area contributed by atoms with Gasteiger partial charge in [0.2, 0.25) is 0 Å². The molecule has 112 valence electrons. The van der Waals surface area contributed by atoms with E-state index in [4.69, 9.17) is 4.74 Å². The summed E-state index contributed by atoms with van der Waals surface area (Å²) in [6.45, 7) is 10.9. The summed E-state index contributed by atoms with van der Waals surface area (Å²) in [5.74, 6) is 0.644. The van der Waals surface area contributed by atoms with Crippen molar-refractivity contribution in [3.8, 4) is 0 Å². The first kappa shape index (κ1) is 16.4. The second kappa shape index (κ2) is 7.25. The second-order valence-corrected chi connectivity index (χ2v) is 6.74. The average Bonchev–Trinajstić information content (AvgIpc) is 2.29. The van der Waals surface area contributed by atoms with E-state index in [0.717, 1.165) is 18.9 Å². The number of ether oxygens (including phenoxy) is 1. The van der Waals surface area contributed by atoms with Crippen LogP contribution in [-0.4, -0.2) is 49.2 Å². The molecule has 4 heteroatoms. The summed E-state index contributed by atoms with van der Waals surface area (Å²) >= 11 is 0. The Kier molecular flexibility index (Phi) is 6.27. The quantitative estimate of drug-likeness (QED) is 0.776. The fourth-order valence-electron chi connectivity index (χ4n) is 2.33. The van der Waals surface area contributed by atoms with Gasteiger partial charge in [-0.2, -0.15) is 0 Å². The molecule has 1 atom stereocenters. The highest BCUT2D eigenvalue weighted by Crippen LogP contribution is 2.18. The summed E-state index contributed by atoms with van der Waals surface area (Å²) in [5, 5.41) is 3.28. The zero-order valence-electron chi connectivity index (χ0n) is 13.2. The Balaban J connectivity index is 2.16. The third-order valence-corrected chi connectivity index (χ3v) is 3.60. The number of carbonyl (C=O) groups excluding carboxylic acids is 1. The van der Waals surface area contributed by atoms with E-state index in [1.54, 1.807) is 0 Å². The van der Waals surface area contributed by atoms with Crippen molar-refractivity contribution in [2.75, 3.05) is 26.7 Å². The molecule has 0 spiro atoms. The minimum Gasteiger partial charge on any atom is -0.459 e. The number of esters is 1. The highest BCUT2D eigenvalue weighted by Gasteiger charge is 2.22. The van der Waals surface area contributed by atoms with Crippen molar-refractivity contribution in [2.24, 2.45) is 5.92 Å². The van der Waals surface area contributed by atoms with E-state index in [1.807, 2.05) is 27.7 Å². The van der Waals surface area contributed by atoms with Crippen molar-refractivity contribution < 1.29 is 9.53 Å². The minimum atomic E-state index is -0.402. The van der Waals surface area contributed by atoms with Gasteiger partial charge in [0, 0.05) is 0 Å². The lowest BCUT2D eigenvalue weighted by molar-refractivity contribution is -0.156. The Bertz CT molecular complexity index is 278. The lowest BCUT2D eigenvalue weighted by Gasteiger charge is -2.29. The van der Waals surface area contributed by atoms with Crippen LogP contribution in [0, 0.1) is 5.92 Å². The number of piperidine rings is 1. The molecule has 1 N–H and O–H groups in total. The molecule has 0 amide bonds. The number of hydrogen-bond acceptors (Lipinski definition) is 4. The Morgan fingerprint density at radius 3 is 2.47 bits per heavy atom. The predicted octanol–water partition coefficient (Wildman–Crippen LogP) is 2.04. The standard InChI is InChI=1S/C15H30N2O2/c1-12(14(18)19-15(2,3)4)16-9-6-13-7-10-17(5)11-8-13/h12-13,16H,6-11H2,1-5H3. The van der Waals surface area contributed by atoms with Gasteiger partial charge in [-0.1, -0.05) is 0 Å². The highest BCUT2D eigenvalue weighted by atomic mass is 16.6. The highest BCUT2D eigenvalue weighted by molar-refractivity contribution is 5.75. The van der Waals surface area contributed by atoms with Crippen LogP contribution in [0.1, 0.15) is 47.0 Å². The van der Waals surface area contributed by atoms with Crippen LogP contribution >= 0.6 is 0 Å². The molecule has 1 unspecified atom stereocenters. The van der Waals surface area contributed by atoms with Gasteiger partial charge in [-0.3, -0.25) is 4.79 Å². The van der Waals surface area contributed by atoms with Gasteiger partial charge in [0.05, 0.1) is 0 Å². The SMILES string of the molecule is CC(NCCC1CCN(C)CC1)C(=O)OC(C)(C)C. The van der Waals surface area contributed by atoms with E-state index in [0.29, 0.717) is 0 Å². The zero-order chi connectivity index (χ0) is 14.5. The monoisotopic (exact) mass is 270 g/mol. The molecule has 0 aromatic heterocycles. The molecular formula is C15H30N2O2. The fraction of sp³-hybridized carbons (Fsp3) is 0.933. The van der Waals surface area contributed by atoms with Gasteiger partial charge in [-0.25, -0.2) is 0 Å². The average molecular weight is 270 g/mol. The van der Waals surface area contributed by atoms with Crippen LogP contribution in [0.4, 0.5) is 0 Å². The van der Waals surface area contributed by atoms with Gasteiger partial charge < -0.3 is 15.0 Å². The number of nitrogens with zero attached hydrogens (tertiary/aromatic N) is 1. The van der Waals surface area contributed by atoms with Crippen molar-refractivity contribution in [3.63, 3.8) is 0 Å². The molecule has 0 radical (unpaired) electrons. The number of likely N-dealkylation sites (tertiary alicyclic amines) is 1. The molecule has 1 aliphatic rings. The summed E-state index contributed by atoms with van der Waals surface area (Å²) < 4.78 is 5.35. The summed E-state index contributed by atoms with van der Waals surface area (Å²) in [5.41, 5.74) is -0.402. The Morgan fingerprint density at radius 1 is 1.37 bits per heavy atom. The molecule has 0 aliphatic carbocycles. The number of nitrogens with one attached hydrogen (secondary N) is 1. The maximum Gasteiger partial charge on any atom is 0.323 e. The molecule has 4 nitrogen and oxygen atoms in total. The molecule has 19 heavy (non-hydrogen) atoms. The van der Waals surface area contributed by atoms with Crippen LogP contribution < -0.4 is 5.32 Å². The largest absolute Gasteiger partial charge is 0.459 e. The number of rotatable bonds is 5. The van der Waals surface area contributed by atoms with Crippen LogP contribution in [0.2, 0.25) is 0 Å². The van der Waals surface area contributed by atoms with Crippen LogP contribution in [0.25, 0.3) is 0 Å². The first-order valence-corrected chi connectivity index (χ1v) is 7.43. The predicted molar refractivity (Wildman–Crippen MR) is 78.1 cm³/mol. The number of carbonyl (C=O) groups is 1. The lowest BCUT2D eigenvalue weighted by atomic mass is 9.94. The normalized spacial score (nSPS) is 20.3. The molecule has 1 rings (SSSR count). The van der Waals surface area contributed by atoms with Crippen LogP contribution in [-0.2, 0) is 9.53 Å². The summed E-state index contributed by atoms with van der Waals surface area (Å²) in [7, 11) is 2.18.